The minimum Gasteiger partial charge on any atom is -0.310 e. The Morgan fingerprint density at radius 2 is 2.09 bits per heavy atom. The Balaban J connectivity index is 2.62. The van der Waals surface area contributed by atoms with Gasteiger partial charge in [-0.15, -0.1) is 0 Å². The summed E-state index contributed by atoms with van der Waals surface area (Å²) in [6.07, 6.45) is -4.47. The van der Waals surface area contributed by atoms with Crippen LogP contribution in [0.2, 0.25) is 0 Å². The van der Waals surface area contributed by atoms with E-state index in [2.05, 4.69) is 5.32 Å². The molecule has 1 heterocycles. The minimum absolute atomic E-state index is 0.123. The third-order valence-corrected chi connectivity index (χ3v) is 1.69. The first-order valence-electron chi connectivity index (χ1n) is 3.32. The highest BCUT2D eigenvalue weighted by atomic mass is 19.4. The van der Waals surface area contributed by atoms with Crippen LogP contribution in [0.25, 0.3) is 0 Å². The molecule has 0 aromatic carbocycles. The molecule has 1 aliphatic rings. The number of carbonyl (C=O) groups excluding carboxylic acids is 1. The fourth-order valence-electron chi connectivity index (χ4n) is 1.09. The topological polar surface area (TPSA) is 29.1 Å². The van der Waals surface area contributed by atoms with Crippen LogP contribution in [0.3, 0.4) is 0 Å². The maximum absolute atomic E-state index is 11.9. The molecule has 0 aromatic rings. The zero-order valence-electron chi connectivity index (χ0n) is 5.74. The van der Waals surface area contributed by atoms with Crippen LogP contribution in [0.5, 0.6) is 0 Å². The van der Waals surface area contributed by atoms with Gasteiger partial charge in [0.2, 0.25) is 0 Å². The van der Waals surface area contributed by atoms with Crippen molar-refractivity contribution in [2.75, 3.05) is 13.1 Å². The summed E-state index contributed by atoms with van der Waals surface area (Å²) >= 11 is 0. The molecule has 0 aliphatic carbocycles. The van der Waals surface area contributed by atoms with Gasteiger partial charge in [0.15, 0.2) is 5.78 Å². The highest BCUT2D eigenvalue weighted by Crippen LogP contribution is 2.30. The van der Waals surface area contributed by atoms with Crippen molar-refractivity contribution >= 4 is 5.78 Å². The van der Waals surface area contributed by atoms with E-state index in [0.29, 0.717) is 0 Å². The Labute approximate surface area is 61.8 Å². The van der Waals surface area contributed by atoms with E-state index in [1.54, 1.807) is 0 Å². The van der Waals surface area contributed by atoms with E-state index in [4.69, 9.17) is 0 Å². The summed E-state index contributed by atoms with van der Waals surface area (Å²) in [5.41, 5.74) is 0. The zero-order valence-corrected chi connectivity index (χ0v) is 5.74. The fraction of sp³-hybridized carbons (Fsp3) is 0.833. The van der Waals surface area contributed by atoms with Gasteiger partial charge in [0, 0.05) is 0 Å². The molecule has 11 heavy (non-hydrogen) atoms. The second kappa shape index (κ2) is 2.81. The average Bonchev–Trinajstić information content (AvgIpc) is 1.86. The minimum atomic E-state index is -4.35. The van der Waals surface area contributed by atoms with E-state index in [1.807, 2.05) is 0 Å². The predicted octanol–water partition coefficient (Wildman–Crippen LogP) is 0.727. The number of alkyl halides is 3. The lowest BCUT2D eigenvalue weighted by atomic mass is 9.96. The molecule has 2 nitrogen and oxygen atoms in total. The molecule has 0 saturated carbocycles. The van der Waals surface area contributed by atoms with Gasteiger partial charge in [-0.3, -0.25) is 4.79 Å². The molecule has 1 saturated heterocycles. The number of hydrogen-bond acceptors (Lipinski definition) is 2. The molecule has 5 heteroatoms. The van der Waals surface area contributed by atoms with Crippen molar-refractivity contribution in [2.24, 2.45) is 5.92 Å². The Bertz CT molecular complexity index is 166. The number of rotatable bonds is 0. The third-order valence-electron chi connectivity index (χ3n) is 1.69. The Morgan fingerprint density at radius 3 is 2.45 bits per heavy atom. The molecule has 0 amide bonds. The number of ketones is 1. The maximum atomic E-state index is 11.9. The molecular weight excluding hydrogens is 159 g/mol. The van der Waals surface area contributed by atoms with Gasteiger partial charge in [-0.05, 0) is 13.0 Å². The van der Waals surface area contributed by atoms with Crippen molar-refractivity contribution in [1.82, 2.24) is 5.32 Å². The lowest BCUT2D eigenvalue weighted by Gasteiger charge is -2.23. The summed E-state index contributed by atoms with van der Waals surface area (Å²) in [7, 11) is 0. The second-order valence-corrected chi connectivity index (χ2v) is 2.53. The summed E-state index contributed by atoms with van der Waals surface area (Å²) in [4.78, 5) is 10.7. The summed E-state index contributed by atoms with van der Waals surface area (Å²) < 4.78 is 35.8. The van der Waals surface area contributed by atoms with Gasteiger partial charge in [0.25, 0.3) is 0 Å². The van der Waals surface area contributed by atoms with Crippen molar-refractivity contribution in [3.63, 3.8) is 0 Å². The van der Waals surface area contributed by atoms with Crippen LogP contribution in [0.15, 0.2) is 0 Å². The summed E-state index contributed by atoms with van der Waals surface area (Å²) in [5, 5.41) is 2.59. The van der Waals surface area contributed by atoms with Gasteiger partial charge in [0.05, 0.1) is 6.54 Å². The van der Waals surface area contributed by atoms with Crippen molar-refractivity contribution < 1.29 is 18.0 Å². The predicted molar refractivity (Wildman–Crippen MR) is 32.0 cm³/mol. The molecule has 1 fully saturated rings. The average molecular weight is 167 g/mol. The largest absolute Gasteiger partial charge is 0.398 e. The van der Waals surface area contributed by atoms with Crippen LogP contribution >= 0.6 is 0 Å². The van der Waals surface area contributed by atoms with Crippen LogP contribution in [-0.4, -0.2) is 25.0 Å². The van der Waals surface area contributed by atoms with E-state index in [1.165, 1.54) is 0 Å². The Morgan fingerprint density at radius 1 is 1.45 bits per heavy atom. The van der Waals surface area contributed by atoms with E-state index in [0.717, 1.165) is 0 Å². The number of piperidine rings is 1. The van der Waals surface area contributed by atoms with Crippen molar-refractivity contribution in [3.05, 3.63) is 0 Å². The lowest BCUT2D eigenvalue weighted by Crippen LogP contribution is -2.43. The smallest absolute Gasteiger partial charge is 0.310 e. The maximum Gasteiger partial charge on any atom is 0.398 e. The van der Waals surface area contributed by atoms with Gasteiger partial charge >= 0.3 is 6.18 Å². The normalized spacial score (nSPS) is 27.2. The second-order valence-electron chi connectivity index (χ2n) is 2.53. The molecule has 0 radical (unpaired) electrons. The van der Waals surface area contributed by atoms with Crippen molar-refractivity contribution in [1.29, 1.82) is 0 Å². The molecule has 64 valence electrons. The standard InChI is InChI=1S/C6H8F3NO/c7-6(8,9)4-1-2-10-3-5(4)11/h4,10H,1-3H2/t4-/m0/s1. The number of carbonyl (C=O) groups is 1. The van der Waals surface area contributed by atoms with E-state index in [-0.39, 0.29) is 19.5 Å². The highest BCUT2D eigenvalue weighted by molar-refractivity contribution is 5.84. The number of Topliss-reactive ketones (excluding diaryl/α,β-unsaturated/α-hetero) is 1. The van der Waals surface area contributed by atoms with Crippen LogP contribution in [0, 0.1) is 5.92 Å². The van der Waals surface area contributed by atoms with Gasteiger partial charge in [0.1, 0.15) is 5.92 Å². The van der Waals surface area contributed by atoms with E-state index in [9.17, 15) is 18.0 Å². The fourth-order valence-corrected chi connectivity index (χ4v) is 1.09. The number of halogens is 3. The lowest BCUT2D eigenvalue weighted by molar-refractivity contribution is -0.184. The van der Waals surface area contributed by atoms with Crippen LogP contribution < -0.4 is 5.32 Å². The summed E-state index contributed by atoms with van der Waals surface area (Å²) in [6, 6.07) is 0. The third kappa shape index (κ3) is 1.92. The van der Waals surface area contributed by atoms with E-state index >= 15 is 0 Å². The first-order valence-corrected chi connectivity index (χ1v) is 3.32. The number of hydrogen-bond donors (Lipinski definition) is 1. The molecule has 1 rings (SSSR count). The van der Waals surface area contributed by atoms with E-state index < -0.39 is 17.9 Å². The molecule has 0 bridgehead atoms. The molecule has 1 N–H and O–H groups in total. The Hall–Kier alpha value is -0.580. The zero-order chi connectivity index (χ0) is 8.48. The van der Waals surface area contributed by atoms with Crippen LogP contribution in [0.4, 0.5) is 13.2 Å². The summed E-state index contributed by atoms with van der Waals surface area (Å²) in [5.74, 6) is -2.48. The molecule has 0 spiro atoms. The molecule has 0 unspecified atom stereocenters. The molecule has 1 atom stereocenters. The first kappa shape index (κ1) is 8.52. The molecule has 1 aliphatic heterocycles. The van der Waals surface area contributed by atoms with Crippen molar-refractivity contribution in [2.45, 2.75) is 12.6 Å². The Kier molecular flexibility index (Phi) is 2.17. The van der Waals surface area contributed by atoms with Crippen LogP contribution in [-0.2, 0) is 4.79 Å². The molecular formula is C6H8F3NO. The monoisotopic (exact) mass is 167 g/mol. The number of nitrogens with one attached hydrogen (secondary N) is 1. The molecule has 0 aromatic heterocycles. The highest BCUT2D eigenvalue weighted by Gasteiger charge is 2.44. The quantitative estimate of drug-likeness (QED) is 0.576. The summed E-state index contributed by atoms with van der Waals surface area (Å²) in [6.45, 7) is 0.125. The SMILES string of the molecule is O=C1CNCC[C@@H]1C(F)(F)F. The van der Waals surface area contributed by atoms with Crippen molar-refractivity contribution in [3.8, 4) is 0 Å². The van der Waals surface area contributed by atoms with Crippen LogP contribution in [0.1, 0.15) is 6.42 Å². The van der Waals surface area contributed by atoms with Gasteiger partial charge in [-0.1, -0.05) is 0 Å². The van der Waals surface area contributed by atoms with Gasteiger partial charge in [-0.2, -0.15) is 13.2 Å². The first-order chi connectivity index (χ1) is 5.02. The van der Waals surface area contributed by atoms with Gasteiger partial charge < -0.3 is 5.32 Å². The van der Waals surface area contributed by atoms with Gasteiger partial charge in [-0.25, -0.2) is 0 Å².